The van der Waals surface area contributed by atoms with Crippen LogP contribution in [0.5, 0.6) is 0 Å². The minimum Gasteiger partial charge on any atom is -0.366 e. The van der Waals surface area contributed by atoms with E-state index in [-0.39, 0.29) is 26.2 Å². The highest BCUT2D eigenvalue weighted by Gasteiger charge is 2.41. The third kappa shape index (κ3) is 3.93. The maximum atomic E-state index is 13.0. The Morgan fingerprint density at radius 1 is 1.48 bits per heavy atom. The van der Waals surface area contributed by atoms with Crippen molar-refractivity contribution in [1.29, 1.82) is 0 Å². The molecule has 9 heteroatoms. The Morgan fingerprint density at radius 3 is 2.96 bits per heavy atom. The molecule has 2 aromatic heterocycles. The van der Waals surface area contributed by atoms with Crippen LogP contribution >= 0.6 is 0 Å². The van der Waals surface area contributed by atoms with Gasteiger partial charge in [-0.2, -0.15) is 0 Å². The molecule has 1 aliphatic rings. The Morgan fingerprint density at radius 2 is 2.32 bits per heavy atom. The van der Waals surface area contributed by atoms with Gasteiger partial charge in [-0.15, -0.1) is 0 Å². The number of ether oxygens (including phenoxy) is 1. The first-order valence-corrected chi connectivity index (χ1v) is 7.86. The summed E-state index contributed by atoms with van der Waals surface area (Å²) in [4.78, 5) is 21.8. The predicted molar refractivity (Wildman–Crippen MR) is 85.5 cm³/mol. The van der Waals surface area contributed by atoms with Crippen molar-refractivity contribution in [2.24, 2.45) is 0 Å². The topological polar surface area (TPSA) is 72.3 Å². The third-order valence-electron chi connectivity index (χ3n) is 4.07. The number of halogens is 2. The van der Waals surface area contributed by atoms with Crippen LogP contribution in [0, 0.1) is 0 Å². The van der Waals surface area contributed by atoms with Gasteiger partial charge >= 0.3 is 6.03 Å². The summed E-state index contributed by atoms with van der Waals surface area (Å²) in [7, 11) is 0. The number of amides is 2. The van der Waals surface area contributed by atoms with E-state index in [9.17, 15) is 13.6 Å². The Kier molecular flexibility index (Phi) is 4.93. The lowest BCUT2D eigenvalue weighted by Crippen LogP contribution is -2.57. The number of morpholine rings is 1. The van der Waals surface area contributed by atoms with Gasteiger partial charge in [0.1, 0.15) is 17.7 Å². The Bertz CT molecular complexity index is 708. The van der Waals surface area contributed by atoms with Crippen molar-refractivity contribution in [2.45, 2.75) is 25.5 Å². The van der Waals surface area contributed by atoms with Crippen molar-refractivity contribution in [2.75, 3.05) is 19.7 Å². The smallest absolute Gasteiger partial charge is 0.317 e. The number of pyridine rings is 1. The fourth-order valence-corrected chi connectivity index (χ4v) is 2.56. The van der Waals surface area contributed by atoms with Gasteiger partial charge in [0, 0.05) is 31.7 Å². The average molecular weight is 351 g/mol. The van der Waals surface area contributed by atoms with E-state index in [1.54, 1.807) is 29.5 Å². The van der Waals surface area contributed by atoms with Crippen molar-refractivity contribution < 1.29 is 18.3 Å². The molecule has 0 aromatic carbocycles. The molecule has 3 heterocycles. The minimum atomic E-state index is -2.65. The quantitative estimate of drug-likeness (QED) is 0.912. The van der Waals surface area contributed by atoms with Crippen LogP contribution < -0.4 is 5.32 Å². The van der Waals surface area contributed by atoms with Gasteiger partial charge < -0.3 is 15.0 Å². The highest BCUT2D eigenvalue weighted by molar-refractivity contribution is 5.74. The molecule has 7 nitrogen and oxygen atoms in total. The van der Waals surface area contributed by atoms with Crippen molar-refractivity contribution in [3.8, 4) is 5.82 Å². The van der Waals surface area contributed by atoms with Gasteiger partial charge in [-0.05, 0) is 18.6 Å². The summed E-state index contributed by atoms with van der Waals surface area (Å²) in [6, 6.07) is 3.26. The van der Waals surface area contributed by atoms with E-state index >= 15 is 0 Å². The minimum absolute atomic E-state index is 0.0927. The summed E-state index contributed by atoms with van der Waals surface area (Å²) in [5.41, 5.74) is -0.814. The zero-order chi connectivity index (χ0) is 17.9. The summed E-state index contributed by atoms with van der Waals surface area (Å²) in [5.74, 6) is 0.716. The molecule has 1 N–H and O–H groups in total. The second kappa shape index (κ2) is 7.14. The lowest BCUT2D eigenvalue weighted by Gasteiger charge is -2.39. The number of nitrogens with one attached hydrogen (secondary N) is 1. The average Bonchev–Trinajstić information content (AvgIpc) is 3.14. The van der Waals surface area contributed by atoms with Gasteiger partial charge in [0.05, 0.1) is 13.2 Å². The van der Waals surface area contributed by atoms with E-state index in [1.165, 1.54) is 11.8 Å². The lowest BCUT2D eigenvalue weighted by molar-refractivity contribution is -0.161. The molecule has 1 saturated heterocycles. The number of alkyl halides is 2. The number of rotatable bonds is 4. The molecular weight excluding hydrogens is 332 g/mol. The van der Waals surface area contributed by atoms with Crippen molar-refractivity contribution in [1.82, 2.24) is 24.8 Å². The number of hydrogen-bond donors (Lipinski definition) is 1. The van der Waals surface area contributed by atoms with Crippen molar-refractivity contribution >= 4 is 6.03 Å². The van der Waals surface area contributed by atoms with Gasteiger partial charge in [0.25, 0.3) is 6.43 Å². The largest absolute Gasteiger partial charge is 0.366 e. The molecule has 3 rings (SSSR count). The van der Waals surface area contributed by atoms with Crippen molar-refractivity contribution in [3.05, 3.63) is 42.6 Å². The molecule has 1 unspecified atom stereocenters. The molecule has 0 bridgehead atoms. The Balaban J connectivity index is 1.55. The number of urea groups is 1. The zero-order valence-electron chi connectivity index (χ0n) is 13.7. The highest BCUT2D eigenvalue weighted by atomic mass is 19.3. The SMILES string of the molecule is CC1(C(F)F)CN(C(=O)NCc2ccc(-n3ccnc3)nc2)CCO1. The lowest BCUT2D eigenvalue weighted by atomic mass is 10.1. The summed E-state index contributed by atoms with van der Waals surface area (Å²) in [5, 5.41) is 2.73. The normalized spacial score (nSPS) is 20.7. The maximum Gasteiger partial charge on any atom is 0.317 e. The number of aromatic nitrogens is 3. The van der Waals surface area contributed by atoms with Crippen LogP contribution in [0.25, 0.3) is 5.82 Å². The molecule has 2 aromatic rings. The molecule has 1 aliphatic heterocycles. The van der Waals surface area contributed by atoms with Crippen LogP contribution in [-0.2, 0) is 11.3 Å². The number of imidazole rings is 1. The first-order chi connectivity index (χ1) is 12.0. The van der Waals surface area contributed by atoms with Crippen molar-refractivity contribution in [3.63, 3.8) is 0 Å². The summed E-state index contributed by atoms with van der Waals surface area (Å²) < 4.78 is 33.0. The molecule has 2 amide bonds. The van der Waals surface area contributed by atoms with Gasteiger partial charge in [-0.25, -0.2) is 23.5 Å². The van der Waals surface area contributed by atoms with E-state index < -0.39 is 18.1 Å². The van der Waals surface area contributed by atoms with E-state index in [4.69, 9.17) is 4.74 Å². The molecule has 1 fully saturated rings. The monoisotopic (exact) mass is 351 g/mol. The van der Waals surface area contributed by atoms with E-state index in [0.29, 0.717) is 5.82 Å². The zero-order valence-corrected chi connectivity index (χ0v) is 13.7. The van der Waals surface area contributed by atoms with Gasteiger partial charge in [-0.3, -0.25) is 4.57 Å². The Labute approximate surface area is 143 Å². The molecule has 1 atom stereocenters. The molecule has 0 radical (unpaired) electrons. The summed E-state index contributed by atoms with van der Waals surface area (Å²) in [6.07, 6.45) is 4.08. The first kappa shape index (κ1) is 17.3. The van der Waals surface area contributed by atoms with Crippen LogP contribution in [0.1, 0.15) is 12.5 Å². The maximum absolute atomic E-state index is 13.0. The van der Waals surface area contributed by atoms with Gasteiger partial charge in [-0.1, -0.05) is 6.07 Å². The van der Waals surface area contributed by atoms with E-state index in [2.05, 4.69) is 15.3 Å². The summed E-state index contributed by atoms with van der Waals surface area (Å²) >= 11 is 0. The fourth-order valence-electron chi connectivity index (χ4n) is 2.56. The van der Waals surface area contributed by atoms with Crippen LogP contribution in [-0.4, -0.2) is 57.2 Å². The molecule has 25 heavy (non-hydrogen) atoms. The number of carbonyl (C=O) groups excluding carboxylic acids is 1. The molecule has 134 valence electrons. The molecule has 0 aliphatic carbocycles. The van der Waals surface area contributed by atoms with Gasteiger partial charge in [0.2, 0.25) is 0 Å². The molecule has 0 saturated carbocycles. The van der Waals surface area contributed by atoms with Crippen LogP contribution in [0.15, 0.2) is 37.1 Å². The highest BCUT2D eigenvalue weighted by Crippen LogP contribution is 2.24. The predicted octanol–water partition coefficient (Wildman–Crippen LogP) is 1.83. The second-order valence-electron chi connectivity index (χ2n) is 6.04. The first-order valence-electron chi connectivity index (χ1n) is 7.86. The number of nitrogens with zero attached hydrogens (tertiary/aromatic N) is 4. The standard InChI is InChI=1S/C16H19F2N5O2/c1-16(14(17)18)10-22(6-7-25-16)15(24)21-9-12-2-3-13(20-8-12)23-5-4-19-11-23/h2-5,8,11,14H,6-7,9-10H2,1H3,(H,21,24). The summed E-state index contributed by atoms with van der Waals surface area (Å²) in [6.45, 7) is 1.81. The molecular formula is C16H19F2N5O2. The van der Waals surface area contributed by atoms with Crippen LogP contribution in [0.4, 0.5) is 13.6 Å². The van der Waals surface area contributed by atoms with Crippen LogP contribution in [0.3, 0.4) is 0 Å². The van der Waals surface area contributed by atoms with E-state index in [0.717, 1.165) is 5.56 Å². The third-order valence-corrected chi connectivity index (χ3v) is 4.07. The molecule has 0 spiro atoms. The van der Waals surface area contributed by atoms with E-state index in [1.807, 2.05) is 12.1 Å². The Hall–Kier alpha value is -2.55. The number of hydrogen-bond acceptors (Lipinski definition) is 4. The fraction of sp³-hybridized carbons (Fsp3) is 0.438. The van der Waals surface area contributed by atoms with Gasteiger partial charge in [0.15, 0.2) is 0 Å². The van der Waals surface area contributed by atoms with Crippen LogP contribution in [0.2, 0.25) is 0 Å². The number of carbonyl (C=O) groups is 1. The second-order valence-corrected chi connectivity index (χ2v) is 6.04.